The van der Waals surface area contributed by atoms with E-state index in [9.17, 15) is 9.59 Å². The molecule has 1 aliphatic rings. The highest BCUT2D eigenvalue weighted by atomic mass is 16.5. The molecule has 1 aliphatic heterocycles. The molecule has 1 fully saturated rings. The Bertz CT molecular complexity index is 1130. The van der Waals surface area contributed by atoms with Crippen LogP contribution in [0.2, 0.25) is 0 Å². The summed E-state index contributed by atoms with van der Waals surface area (Å²) >= 11 is 0. The molecular formula is C27H28N2O4. The van der Waals surface area contributed by atoms with Gasteiger partial charge in [-0.3, -0.25) is 9.59 Å². The molecule has 0 radical (unpaired) electrons. The van der Waals surface area contributed by atoms with Crippen LogP contribution < -0.4 is 19.7 Å². The number of ether oxygens (including phenoxy) is 2. The summed E-state index contributed by atoms with van der Waals surface area (Å²) in [6.45, 7) is 4.40. The number of nitrogens with one attached hydrogen (secondary N) is 1. The van der Waals surface area contributed by atoms with Crippen LogP contribution >= 0.6 is 0 Å². The van der Waals surface area contributed by atoms with Crippen LogP contribution in [0.3, 0.4) is 0 Å². The average Bonchev–Trinajstić information content (AvgIpc) is 3.18. The summed E-state index contributed by atoms with van der Waals surface area (Å²) < 4.78 is 10.9. The van der Waals surface area contributed by atoms with E-state index in [0.717, 1.165) is 16.8 Å². The van der Waals surface area contributed by atoms with Gasteiger partial charge in [0.05, 0.1) is 31.4 Å². The number of rotatable bonds is 7. The fraction of sp³-hybridized carbons (Fsp3) is 0.259. The number of para-hydroxylation sites is 2. The Morgan fingerprint density at radius 1 is 1.03 bits per heavy atom. The van der Waals surface area contributed by atoms with Gasteiger partial charge in [-0.25, -0.2) is 0 Å². The molecule has 0 aliphatic carbocycles. The molecule has 2 unspecified atom stereocenters. The summed E-state index contributed by atoms with van der Waals surface area (Å²) in [6.07, 6.45) is 0.118. The molecule has 2 amide bonds. The molecule has 0 spiro atoms. The van der Waals surface area contributed by atoms with E-state index in [1.165, 1.54) is 0 Å². The highest BCUT2D eigenvalue weighted by molar-refractivity contribution is 6.05. The van der Waals surface area contributed by atoms with Crippen LogP contribution in [0, 0.1) is 12.8 Å². The van der Waals surface area contributed by atoms with Gasteiger partial charge < -0.3 is 19.7 Å². The van der Waals surface area contributed by atoms with Gasteiger partial charge in [-0.05, 0) is 55.8 Å². The Kier molecular flexibility index (Phi) is 6.63. The molecule has 1 heterocycles. The Hall–Kier alpha value is -3.80. The van der Waals surface area contributed by atoms with E-state index in [1.54, 1.807) is 12.0 Å². The molecule has 4 rings (SSSR count). The molecule has 3 aromatic rings. The lowest BCUT2D eigenvalue weighted by molar-refractivity contribution is -0.122. The van der Waals surface area contributed by atoms with Gasteiger partial charge in [0.25, 0.3) is 0 Å². The van der Waals surface area contributed by atoms with Gasteiger partial charge in [-0.1, -0.05) is 42.0 Å². The molecule has 6 nitrogen and oxygen atoms in total. The van der Waals surface area contributed by atoms with Gasteiger partial charge in [0.2, 0.25) is 11.8 Å². The smallest absolute Gasteiger partial charge is 0.230 e. The van der Waals surface area contributed by atoms with E-state index in [1.807, 2.05) is 86.6 Å². The highest BCUT2D eigenvalue weighted by Crippen LogP contribution is 2.42. The molecule has 6 heteroatoms. The summed E-state index contributed by atoms with van der Waals surface area (Å²) in [6, 6.07) is 22.2. The van der Waals surface area contributed by atoms with Crippen molar-refractivity contribution in [3.05, 3.63) is 83.9 Å². The maximum atomic E-state index is 13.5. The van der Waals surface area contributed by atoms with Crippen molar-refractivity contribution >= 4 is 23.2 Å². The van der Waals surface area contributed by atoms with E-state index in [2.05, 4.69) is 5.32 Å². The van der Waals surface area contributed by atoms with Crippen molar-refractivity contribution < 1.29 is 19.1 Å². The van der Waals surface area contributed by atoms with Crippen LogP contribution in [0.15, 0.2) is 72.8 Å². The summed E-state index contributed by atoms with van der Waals surface area (Å²) in [5, 5.41) is 3.00. The largest absolute Gasteiger partial charge is 0.497 e. The first-order valence-corrected chi connectivity index (χ1v) is 11.1. The summed E-state index contributed by atoms with van der Waals surface area (Å²) in [7, 11) is 1.60. The third-order valence-electron chi connectivity index (χ3n) is 5.87. The molecule has 0 aromatic heterocycles. The van der Waals surface area contributed by atoms with E-state index >= 15 is 0 Å². The van der Waals surface area contributed by atoms with E-state index < -0.39 is 12.0 Å². The minimum atomic E-state index is -0.558. The molecule has 1 saturated heterocycles. The molecule has 3 aromatic carbocycles. The second kappa shape index (κ2) is 9.77. The normalized spacial score (nSPS) is 17.7. The number of carbonyl (C=O) groups excluding carboxylic acids is 2. The van der Waals surface area contributed by atoms with Gasteiger partial charge in [-0.2, -0.15) is 0 Å². The van der Waals surface area contributed by atoms with Gasteiger partial charge in [0.15, 0.2) is 0 Å². The fourth-order valence-electron chi connectivity index (χ4n) is 4.24. The molecule has 33 heavy (non-hydrogen) atoms. The van der Waals surface area contributed by atoms with Crippen molar-refractivity contribution in [3.63, 3.8) is 0 Å². The van der Waals surface area contributed by atoms with Crippen LogP contribution in [-0.4, -0.2) is 25.5 Å². The van der Waals surface area contributed by atoms with E-state index in [0.29, 0.717) is 23.8 Å². The number of aryl methyl sites for hydroxylation is 1. The predicted octanol–water partition coefficient (Wildman–Crippen LogP) is 5.14. The first-order chi connectivity index (χ1) is 16.0. The van der Waals surface area contributed by atoms with Crippen LogP contribution in [0.5, 0.6) is 11.5 Å². The molecular weight excluding hydrogens is 416 g/mol. The van der Waals surface area contributed by atoms with Gasteiger partial charge in [0.1, 0.15) is 11.5 Å². The number of anilines is 2. The number of nitrogens with zero attached hydrogens (tertiary/aromatic N) is 1. The minimum Gasteiger partial charge on any atom is -0.497 e. The lowest BCUT2D eigenvalue weighted by atomic mass is 9.92. The second-order valence-corrected chi connectivity index (χ2v) is 8.05. The van der Waals surface area contributed by atoms with Crippen LogP contribution in [0.4, 0.5) is 11.4 Å². The van der Waals surface area contributed by atoms with E-state index in [-0.39, 0.29) is 18.2 Å². The first-order valence-electron chi connectivity index (χ1n) is 11.1. The number of carbonyl (C=O) groups is 2. The zero-order valence-corrected chi connectivity index (χ0v) is 19.1. The molecule has 2 atom stereocenters. The van der Waals surface area contributed by atoms with Crippen molar-refractivity contribution in [1.29, 1.82) is 0 Å². The summed E-state index contributed by atoms with van der Waals surface area (Å²) in [5.41, 5.74) is 3.37. The number of methoxy groups -OCH3 is 1. The van der Waals surface area contributed by atoms with Crippen molar-refractivity contribution in [2.24, 2.45) is 5.92 Å². The molecule has 0 bridgehead atoms. The zero-order chi connectivity index (χ0) is 23.4. The number of amides is 2. The molecule has 170 valence electrons. The number of hydrogen-bond acceptors (Lipinski definition) is 4. The molecule has 0 saturated carbocycles. The van der Waals surface area contributed by atoms with Crippen LogP contribution in [-0.2, 0) is 9.59 Å². The predicted molar refractivity (Wildman–Crippen MR) is 129 cm³/mol. The number of benzene rings is 3. The van der Waals surface area contributed by atoms with Crippen molar-refractivity contribution in [1.82, 2.24) is 0 Å². The Morgan fingerprint density at radius 2 is 1.73 bits per heavy atom. The van der Waals surface area contributed by atoms with Crippen molar-refractivity contribution in [2.75, 3.05) is 23.9 Å². The van der Waals surface area contributed by atoms with Crippen LogP contribution in [0.1, 0.15) is 30.5 Å². The lowest BCUT2D eigenvalue weighted by Gasteiger charge is -2.29. The van der Waals surface area contributed by atoms with Crippen molar-refractivity contribution in [2.45, 2.75) is 26.3 Å². The molecule has 1 N–H and O–H groups in total. The maximum absolute atomic E-state index is 13.5. The van der Waals surface area contributed by atoms with Crippen LogP contribution in [0.25, 0.3) is 0 Å². The standard InChI is InChI=1S/C27H28N2O4/c1-4-33-24-8-6-5-7-23(24)28-27(31)22-17-25(30)29(20-13-15-21(32-3)16-14-20)26(22)19-11-9-18(2)10-12-19/h5-16,22,26H,4,17H2,1-3H3,(H,28,31). The lowest BCUT2D eigenvalue weighted by Crippen LogP contribution is -2.32. The second-order valence-electron chi connectivity index (χ2n) is 8.05. The van der Waals surface area contributed by atoms with E-state index in [4.69, 9.17) is 9.47 Å². The van der Waals surface area contributed by atoms with Crippen molar-refractivity contribution in [3.8, 4) is 11.5 Å². The maximum Gasteiger partial charge on any atom is 0.230 e. The Labute approximate surface area is 194 Å². The first kappa shape index (κ1) is 22.4. The average molecular weight is 445 g/mol. The monoisotopic (exact) mass is 444 g/mol. The van der Waals surface area contributed by atoms with Gasteiger partial charge in [0, 0.05) is 12.1 Å². The number of hydrogen-bond donors (Lipinski definition) is 1. The Morgan fingerprint density at radius 3 is 2.39 bits per heavy atom. The SMILES string of the molecule is CCOc1ccccc1NC(=O)C1CC(=O)N(c2ccc(OC)cc2)C1c1ccc(C)cc1. The van der Waals surface area contributed by atoms with Gasteiger partial charge in [-0.15, -0.1) is 0 Å². The third kappa shape index (κ3) is 4.70. The highest BCUT2D eigenvalue weighted by Gasteiger charge is 2.45. The Balaban J connectivity index is 1.69. The minimum absolute atomic E-state index is 0.0935. The summed E-state index contributed by atoms with van der Waals surface area (Å²) in [4.78, 5) is 28.4. The van der Waals surface area contributed by atoms with Gasteiger partial charge >= 0.3 is 0 Å². The topological polar surface area (TPSA) is 67.9 Å². The summed E-state index contributed by atoms with van der Waals surface area (Å²) in [5.74, 6) is 0.453. The zero-order valence-electron chi connectivity index (χ0n) is 19.1. The quantitative estimate of drug-likeness (QED) is 0.548. The fourth-order valence-corrected chi connectivity index (χ4v) is 4.24. The third-order valence-corrected chi connectivity index (χ3v) is 5.87.